The Kier molecular flexibility index (Phi) is 10.3. The third kappa shape index (κ3) is 9.71. The first-order valence-electron chi connectivity index (χ1n) is 14.6. The van der Waals surface area contributed by atoms with Crippen LogP contribution in [0.3, 0.4) is 0 Å². The molecule has 0 radical (unpaired) electrons. The SMILES string of the molecule is C=C/C(OC)=C(\C=C/C(C)C/C=C1\CCCN2C1=NCC(C)(C)C(=O)N2/C(C)=C/C=C(\C=C)OS(F)(F)(F)(F)F)n1cnc(C)c1. The Hall–Kier alpha value is -4.07. The summed E-state index contributed by atoms with van der Waals surface area (Å²) in [5.41, 5.74) is 1.79. The number of carbonyl (C=O) groups is 1. The molecular weight excluding hydrogens is 629 g/mol. The van der Waals surface area contributed by atoms with E-state index in [1.165, 1.54) is 11.9 Å². The molecule has 0 saturated carbocycles. The molecule has 1 fully saturated rings. The van der Waals surface area contributed by atoms with Gasteiger partial charge in [0.1, 0.15) is 17.4 Å². The number of imidazole rings is 1. The van der Waals surface area contributed by atoms with Gasteiger partial charge in [0.05, 0.1) is 36.8 Å². The molecular formula is C32H42F5N5O3S. The van der Waals surface area contributed by atoms with Crippen LogP contribution in [-0.4, -0.2) is 51.5 Å². The fourth-order valence-corrected chi connectivity index (χ4v) is 5.34. The second kappa shape index (κ2) is 13.0. The van der Waals surface area contributed by atoms with Crippen LogP contribution in [0.15, 0.2) is 96.0 Å². The number of aromatic nitrogens is 2. The highest BCUT2D eigenvalue weighted by molar-refractivity contribution is 8.42. The van der Waals surface area contributed by atoms with Crippen molar-refractivity contribution >= 4 is 27.9 Å². The minimum absolute atomic E-state index is 0.0873. The minimum Gasteiger partial charge on any atom is -0.495 e. The van der Waals surface area contributed by atoms with Crippen molar-refractivity contribution in [3.8, 4) is 0 Å². The van der Waals surface area contributed by atoms with Gasteiger partial charge in [0.15, 0.2) is 0 Å². The molecule has 1 atom stereocenters. The maximum Gasteiger partial charge on any atom is 0.435 e. The minimum atomic E-state index is -10.2. The summed E-state index contributed by atoms with van der Waals surface area (Å²) < 4.78 is 75.2. The number of hydrazine groups is 1. The Morgan fingerprint density at radius 3 is 2.43 bits per heavy atom. The van der Waals surface area contributed by atoms with Gasteiger partial charge in [0.25, 0.3) is 5.91 Å². The number of allylic oxidation sites excluding steroid dienone is 9. The lowest BCUT2D eigenvalue weighted by molar-refractivity contribution is -0.147. The molecule has 2 aliphatic heterocycles. The molecule has 2 aliphatic rings. The summed E-state index contributed by atoms with van der Waals surface area (Å²) in [6.07, 6.45) is 15.7. The van der Waals surface area contributed by atoms with Crippen molar-refractivity contribution in [2.45, 2.75) is 53.9 Å². The molecule has 1 amide bonds. The van der Waals surface area contributed by atoms with Crippen LogP contribution in [0.2, 0.25) is 0 Å². The number of methoxy groups -OCH3 is 1. The molecule has 0 spiro atoms. The maximum atomic E-state index is 13.7. The number of carbonyl (C=O) groups excluding carboxylic acids is 1. The largest absolute Gasteiger partial charge is 0.495 e. The van der Waals surface area contributed by atoms with Crippen molar-refractivity contribution in [2.75, 3.05) is 20.2 Å². The van der Waals surface area contributed by atoms with Gasteiger partial charge in [0.2, 0.25) is 0 Å². The lowest BCUT2D eigenvalue weighted by atomic mass is 9.92. The lowest BCUT2D eigenvalue weighted by Gasteiger charge is -2.41. The number of hydrogen-bond donors (Lipinski definition) is 0. The molecule has 3 heterocycles. The highest BCUT2D eigenvalue weighted by Crippen LogP contribution is 2.99. The number of aryl methyl sites for hydroxylation is 1. The van der Waals surface area contributed by atoms with E-state index in [1.54, 1.807) is 38.4 Å². The van der Waals surface area contributed by atoms with Gasteiger partial charge in [0, 0.05) is 18.4 Å². The predicted octanol–water partition coefficient (Wildman–Crippen LogP) is 9.18. The molecule has 0 aromatic carbocycles. The molecule has 3 rings (SSSR count). The summed E-state index contributed by atoms with van der Waals surface area (Å²) >= 11 is 0. The zero-order chi connectivity index (χ0) is 34.6. The van der Waals surface area contributed by atoms with Gasteiger partial charge in [-0.1, -0.05) is 51.7 Å². The first kappa shape index (κ1) is 36.4. The second-order valence-corrected chi connectivity index (χ2v) is 13.8. The average molecular weight is 672 g/mol. The van der Waals surface area contributed by atoms with Crippen LogP contribution in [-0.2, 0) is 13.7 Å². The van der Waals surface area contributed by atoms with Crippen LogP contribution in [0.25, 0.3) is 5.70 Å². The smallest absolute Gasteiger partial charge is 0.435 e. The predicted molar refractivity (Wildman–Crippen MR) is 174 cm³/mol. The third-order valence-electron chi connectivity index (χ3n) is 7.23. The van der Waals surface area contributed by atoms with Gasteiger partial charge >= 0.3 is 10.5 Å². The number of fused-ring (bicyclic) bond motifs is 1. The number of halogens is 5. The second-order valence-electron chi connectivity index (χ2n) is 11.8. The van der Waals surface area contributed by atoms with Gasteiger partial charge < -0.3 is 13.5 Å². The van der Waals surface area contributed by atoms with E-state index in [0.29, 0.717) is 49.6 Å². The molecule has 0 aliphatic carbocycles. The van der Waals surface area contributed by atoms with Crippen LogP contribution in [0.1, 0.15) is 52.7 Å². The van der Waals surface area contributed by atoms with Crippen LogP contribution in [0.4, 0.5) is 19.4 Å². The van der Waals surface area contributed by atoms with Crippen molar-refractivity contribution in [1.82, 2.24) is 19.6 Å². The topological polar surface area (TPSA) is 72.2 Å². The van der Waals surface area contributed by atoms with Gasteiger partial charge in [-0.3, -0.25) is 14.8 Å². The number of piperidine rings is 1. The van der Waals surface area contributed by atoms with Crippen LogP contribution in [0, 0.1) is 18.3 Å². The number of amidine groups is 1. The summed E-state index contributed by atoms with van der Waals surface area (Å²) in [6.45, 7) is 16.5. The van der Waals surface area contributed by atoms with E-state index >= 15 is 0 Å². The Labute approximate surface area is 267 Å². The molecule has 14 heteroatoms. The summed E-state index contributed by atoms with van der Waals surface area (Å²) in [5.74, 6) is -0.287. The van der Waals surface area contributed by atoms with E-state index in [9.17, 15) is 24.2 Å². The first-order chi connectivity index (χ1) is 21.2. The van der Waals surface area contributed by atoms with E-state index in [-0.39, 0.29) is 24.1 Å². The Morgan fingerprint density at radius 1 is 1.17 bits per heavy atom. The Balaban J connectivity index is 1.91. The van der Waals surface area contributed by atoms with E-state index in [1.807, 2.05) is 29.8 Å². The number of hydrogen-bond acceptors (Lipinski definition) is 6. The summed E-state index contributed by atoms with van der Waals surface area (Å²) in [6, 6.07) is 0. The first-order valence-corrected chi connectivity index (χ1v) is 16.5. The van der Waals surface area contributed by atoms with E-state index in [2.05, 4.69) is 35.3 Å². The fraction of sp³-hybridized carbons (Fsp3) is 0.406. The maximum absolute atomic E-state index is 13.7. The average Bonchev–Trinajstić information content (AvgIpc) is 3.35. The van der Waals surface area contributed by atoms with Crippen molar-refractivity contribution in [1.29, 1.82) is 0 Å². The van der Waals surface area contributed by atoms with Crippen LogP contribution < -0.4 is 0 Å². The lowest BCUT2D eigenvalue weighted by Crippen LogP contribution is -2.53. The fourth-order valence-electron chi connectivity index (χ4n) is 4.85. The standard InChI is InChI=1S/C32H42F5N5O3S/c1-9-27(45-46(33,34,35,36)37)17-15-25(5)42-31(43)32(6,7)21-38-30-26(12-11-19-41(30)42)16-13-23(3)14-18-28(29(10-2)44-8)40-20-24(4)39-22-40/h9-10,14-18,20,22-23H,1-2,11-13,19,21H2,3-8H3/b18-14-,25-15+,26-16+,27-17+,29-28-. The highest BCUT2D eigenvalue weighted by Gasteiger charge is 2.67. The van der Waals surface area contributed by atoms with Gasteiger partial charge in [-0.15, -0.1) is 0 Å². The summed E-state index contributed by atoms with van der Waals surface area (Å²) in [5, 5.41) is 3.05. The van der Waals surface area contributed by atoms with Crippen molar-refractivity contribution in [2.24, 2.45) is 16.3 Å². The summed E-state index contributed by atoms with van der Waals surface area (Å²) in [7, 11) is -8.64. The number of nitrogens with zero attached hydrogens (tertiary/aromatic N) is 5. The van der Waals surface area contributed by atoms with Crippen molar-refractivity contribution in [3.05, 3.63) is 96.7 Å². The van der Waals surface area contributed by atoms with Crippen LogP contribution in [0.5, 0.6) is 0 Å². The van der Waals surface area contributed by atoms with Crippen LogP contribution >= 0.6 is 10.5 Å². The van der Waals surface area contributed by atoms with Gasteiger partial charge in [-0.25, -0.2) is 9.99 Å². The molecule has 254 valence electrons. The summed E-state index contributed by atoms with van der Waals surface area (Å²) in [4.78, 5) is 22.8. The zero-order valence-electron chi connectivity index (χ0n) is 27.0. The molecule has 1 aromatic heterocycles. The van der Waals surface area contributed by atoms with E-state index in [0.717, 1.165) is 23.0 Å². The molecule has 46 heavy (non-hydrogen) atoms. The number of rotatable bonds is 12. The van der Waals surface area contributed by atoms with Crippen molar-refractivity contribution in [3.63, 3.8) is 0 Å². The molecule has 0 bridgehead atoms. The molecule has 1 saturated heterocycles. The third-order valence-corrected chi connectivity index (χ3v) is 7.74. The number of amides is 1. The number of ether oxygens (including phenoxy) is 1. The Bertz CT molecular complexity index is 1550. The van der Waals surface area contributed by atoms with Gasteiger partial charge in [-0.2, -0.15) is 0 Å². The number of aliphatic imine (C=N–C) groups is 1. The Morgan fingerprint density at radius 2 is 1.87 bits per heavy atom. The van der Waals surface area contributed by atoms with E-state index < -0.39 is 21.7 Å². The molecule has 8 nitrogen and oxygen atoms in total. The zero-order valence-corrected chi connectivity index (χ0v) is 27.8. The molecule has 1 aromatic rings. The highest BCUT2D eigenvalue weighted by atomic mass is 32.5. The normalized spacial score (nSPS) is 21.5. The quantitative estimate of drug-likeness (QED) is 0.126. The van der Waals surface area contributed by atoms with Gasteiger partial charge in [-0.05, 0) is 88.8 Å². The van der Waals surface area contributed by atoms with Crippen molar-refractivity contribution < 1.29 is 33.1 Å². The monoisotopic (exact) mass is 671 g/mol. The van der Waals surface area contributed by atoms with E-state index in [4.69, 9.17) is 9.73 Å². The molecule has 1 unspecified atom stereocenters. The molecule has 0 N–H and O–H groups in total.